The fraction of sp³-hybridized carbons (Fsp3) is 0.259. The average molecular weight is 500 g/mol. The van der Waals surface area contributed by atoms with E-state index < -0.39 is 0 Å². The molecule has 0 fully saturated rings. The maximum absolute atomic E-state index is 3.27. The van der Waals surface area contributed by atoms with Gasteiger partial charge in [-0.2, -0.15) is 40.5 Å². The summed E-state index contributed by atoms with van der Waals surface area (Å²) in [4.78, 5) is 0. The van der Waals surface area contributed by atoms with E-state index in [1.807, 2.05) is 0 Å². The Morgan fingerprint density at radius 3 is 2.07 bits per heavy atom. The predicted octanol–water partition coefficient (Wildman–Crippen LogP) is 6.59. The van der Waals surface area contributed by atoms with E-state index in [0.717, 1.165) is 0 Å². The van der Waals surface area contributed by atoms with Crippen LogP contribution in [0.5, 0.6) is 0 Å². The molecule has 1 aliphatic carbocycles. The summed E-state index contributed by atoms with van der Waals surface area (Å²) < 4.78 is 0. The number of rotatable bonds is 1. The molecule has 0 N–H and O–H groups in total. The van der Waals surface area contributed by atoms with Gasteiger partial charge >= 0.3 is 34.2 Å². The normalized spacial score (nSPS) is 11.7. The second kappa shape index (κ2) is 10.8. The summed E-state index contributed by atoms with van der Waals surface area (Å²) in [7, 11) is 0. The summed E-state index contributed by atoms with van der Waals surface area (Å²) in [6.07, 6.45) is 3.79. The summed E-state index contributed by atoms with van der Waals surface area (Å²) in [6, 6.07) is 22.1. The molecular formula is C27H28Si2Zr-2. The van der Waals surface area contributed by atoms with Gasteiger partial charge in [0.25, 0.3) is 0 Å². The molecule has 3 heteroatoms. The minimum Gasteiger partial charge on any atom is -0.168 e. The van der Waals surface area contributed by atoms with E-state index in [4.69, 9.17) is 0 Å². The van der Waals surface area contributed by atoms with Crippen molar-refractivity contribution < 1.29 is 20.5 Å². The summed E-state index contributed by atoms with van der Waals surface area (Å²) in [6.45, 7) is 15.2. The van der Waals surface area contributed by atoms with Gasteiger partial charge in [-0.3, -0.25) is 0 Å². The van der Waals surface area contributed by atoms with Crippen molar-refractivity contribution in [3.63, 3.8) is 0 Å². The van der Waals surface area contributed by atoms with Crippen LogP contribution in [0.15, 0.2) is 60.7 Å². The Labute approximate surface area is 196 Å². The van der Waals surface area contributed by atoms with Crippen LogP contribution in [-0.2, 0) is 33.3 Å². The quantitative estimate of drug-likeness (QED) is 0.205. The Morgan fingerprint density at radius 1 is 0.867 bits per heavy atom. The molecule has 0 unspecified atom stereocenters. The number of hydrogen-bond acceptors (Lipinski definition) is 0. The van der Waals surface area contributed by atoms with Crippen molar-refractivity contribution >= 4 is 24.5 Å². The van der Waals surface area contributed by atoms with Crippen LogP contribution in [0.1, 0.15) is 39.8 Å². The van der Waals surface area contributed by atoms with E-state index >= 15 is 0 Å². The van der Waals surface area contributed by atoms with Gasteiger partial charge in [-0.25, -0.2) is 0 Å². The van der Waals surface area contributed by atoms with Crippen molar-refractivity contribution in [3.05, 3.63) is 94.0 Å². The molecule has 0 atom stereocenters. The van der Waals surface area contributed by atoms with Crippen molar-refractivity contribution in [2.45, 2.75) is 47.0 Å². The summed E-state index contributed by atoms with van der Waals surface area (Å²) in [5.74, 6) is 0. The molecule has 0 amide bonds. The van der Waals surface area contributed by atoms with Crippen LogP contribution in [0, 0.1) is 27.7 Å². The van der Waals surface area contributed by atoms with Gasteiger partial charge in [-0.1, -0.05) is 74.7 Å². The fourth-order valence-corrected chi connectivity index (χ4v) is 4.42. The third-order valence-corrected chi connectivity index (χ3v) is 6.25. The Morgan fingerprint density at radius 2 is 1.50 bits per heavy atom. The molecule has 0 aromatic heterocycles. The fourth-order valence-electron chi connectivity index (χ4n) is 4.42. The third-order valence-electron chi connectivity index (χ3n) is 6.25. The van der Waals surface area contributed by atoms with Crippen LogP contribution >= 0.6 is 0 Å². The minimum absolute atomic E-state index is 0.159. The van der Waals surface area contributed by atoms with Gasteiger partial charge in [0.1, 0.15) is 0 Å². The Kier molecular flexibility index (Phi) is 8.45. The minimum atomic E-state index is -0.159. The van der Waals surface area contributed by atoms with E-state index in [2.05, 4.69) is 102 Å². The number of aryl methyl sites for hydroxylation is 3. The summed E-state index contributed by atoms with van der Waals surface area (Å²) in [5.41, 5.74) is 11.7. The molecule has 4 radical (unpaired) electrons. The van der Waals surface area contributed by atoms with Gasteiger partial charge < -0.3 is 0 Å². The topological polar surface area (TPSA) is 0 Å². The monoisotopic (exact) mass is 498 g/mol. The second-order valence-corrected chi connectivity index (χ2v) is 14.6. The number of benzene rings is 2. The standard InChI is InChI=1S/C18H15.C9H13.2Si.Zr/c1-2-6-13(7-3-1)18-16-10-4-8-14(16)12-15-9-5-11-17(15)18;1-6-5-7(2)9(4)8(6)3;;;/h1-4,6-8,10,12H,5,9,11H2;5H,1-4H3;;;/q2*-1;;;. The van der Waals surface area contributed by atoms with Crippen molar-refractivity contribution in [1.29, 1.82) is 0 Å². The molecular weight excluding hydrogens is 472 g/mol. The third kappa shape index (κ3) is 5.13. The first-order chi connectivity index (χ1) is 14.5. The largest absolute Gasteiger partial charge is 0.168 e. The van der Waals surface area contributed by atoms with Gasteiger partial charge in [0, 0.05) is 0 Å². The molecule has 0 spiro atoms. The first-order valence-corrected chi connectivity index (χ1v) is 18.9. The molecule has 150 valence electrons. The number of hydrogen-bond donors (Lipinski definition) is 0. The van der Waals surface area contributed by atoms with Gasteiger partial charge in [0.2, 0.25) is 0 Å². The van der Waals surface area contributed by atoms with Gasteiger partial charge in [0.05, 0.1) is 0 Å². The van der Waals surface area contributed by atoms with E-state index in [9.17, 15) is 0 Å². The molecule has 0 heterocycles. The van der Waals surface area contributed by atoms with Crippen molar-refractivity contribution in [1.82, 2.24) is 0 Å². The first-order valence-electron chi connectivity index (χ1n) is 10.5. The molecule has 0 saturated carbocycles. The van der Waals surface area contributed by atoms with Crippen molar-refractivity contribution in [2.24, 2.45) is 0 Å². The average Bonchev–Trinajstić information content (AvgIpc) is 3.45. The Hall–Kier alpha value is -1.28. The predicted molar refractivity (Wildman–Crippen MR) is 129 cm³/mol. The van der Waals surface area contributed by atoms with Crippen molar-refractivity contribution in [3.8, 4) is 11.1 Å². The van der Waals surface area contributed by atoms with Crippen LogP contribution in [0.4, 0.5) is 0 Å². The van der Waals surface area contributed by atoms with E-state index in [1.165, 1.54) is 63.4 Å². The Balaban J connectivity index is 0.000000180. The number of fused-ring (bicyclic) bond motifs is 2. The van der Waals surface area contributed by atoms with Gasteiger partial charge in [-0.15, -0.1) is 22.9 Å². The van der Waals surface area contributed by atoms with E-state index in [-0.39, 0.29) is 20.5 Å². The zero-order valence-electron chi connectivity index (χ0n) is 18.4. The Bertz CT molecular complexity index is 1150. The smallest absolute Gasteiger partial charge is 0.0276 e. The van der Waals surface area contributed by atoms with E-state index in [0.29, 0.717) is 0 Å². The molecule has 4 aromatic rings. The summed E-state index contributed by atoms with van der Waals surface area (Å²) >= 11 is -0.159. The summed E-state index contributed by atoms with van der Waals surface area (Å²) in [5, 5.41) is 2.82. The maximum Gasteiger partial charge on any atom is -0.0276 e. The molecule has 4 aromatic carbocycles. The molecule has 0 saturated heterocycles. The zero-order valence-corrected chi connectivity index (χ0v) is 22.9. The van der Waals surface area contributed by atoms with Crippen molar-refractivity contribution in [2.75, 3.05) is 0 Å². The molecule has 1 aliphatic rings. The SMILES string of the molecule is Cc1[cH-]c(C)c(C)c1C.[Si]=[Zr]=[Si].c1ccc(-c2c3c(cc4[cH-]ccc24)CCC3)cc1. The van der Waals surface area contributed by atoms with Gasteiger partial charge in [-0.05, 0) is 24.8 Å². The van der Waals surface area contributed by atoms with Crippen LogP contribution in [0.2, 0.25) is 0 Å². The molecule has 0 bridgehead atoms. The maximum atomic E-state index is 3.27. The molecule has 5 rings (SSSR count). The second-order valence-electron chi connectivity index (χ2n) is 8.02. The van der Waals surface area contributed by atoms with Gasteiger partial charge in [0.15, 0.2) is 0 Å². The first kappa shape index (κ1) is 23.4. The van der Waals surface area contributed by atoms with Crippen LogP contribution in [-0.4, -0.2) is 13.8 Å². The van der Waals surface area contributed by atoms with Crippen LogP contribution in [0.25, 0.3) is 21.9 Å². The molecule has 0 aliphatic heterocycles. The molecule has 30 heavy (non-hydrogen) atoms. The van der Waals surface area contributed by atoms with Crippen LogP contribution < -0.4 is 0 Å². The van der Waals surface area contributed by atoms with Crippen LogP contribution in [0.3, 0.4) is 0 Å². The van der Waals surface area contributed by atoms with E-state index in [1.54, 1.807) is 11.1 Å². The zero-order chi connectivity index (χ0) is 21.7. The molecule has 0 nitrogen and oxygen atoms in total.